The summed E-state index contributed by atoms with van der Waals surface area (Å²) in [5.74, 6) is -1.33. The Bertz CT molecular complexity index is 554. The topological polar surface area (TPSA) is 57.6 Å². The number of aliphatic carboxylic acids is 1. The van der Waals surface area contributed by atoms with Crippen LogP contribution in [0.3, 0.4) is 0 Å². The van der Waals surface area contributed by atoms with Crippen LogP contribution in [0.2, 0.25) is 5.02 Å². The Morgan fingerprint density at radius 1 is 1.26 bits per heavy atom. The zero-order chi connectivity index (χ0) is 17.0. The number of carbonyl (C=O) groups is 2. The summed E-state index contributed by atoms with van der Waals surface area (Å²) in [4.78, 5) is 25.9. The van der Waals surface area contributed by atoms with Crippen LogP contribution in [0.15, 0.2) is 24.3 Å². The molecule has 1 fully saturated rings. The van der Waals surface area contributed by atoms with E-state index in [1.54, 1.807) is 0 Å². The van der Waals surface area contributed by atoms with Crippen LogP contribution in [0.5, 0.6) is 0 Å². The highest BCUT2D eigenvalue weighted by atomic mass is 35.5. The number of likely N-dealkylation sites (tertiary alicyclic amines) is 1. The summed E-state index contributed by atoms with van der Waals surface area (Å²) < 4.78 is 0. The van der Waals surface area contributed by atoms with Gasteiger partial charge in [0.2, 0.25) is 5.91 Å². The highest BCUT2D eigenvalue weighted by Gasteiger charge is 2.39. The Balaban J connectivity index is 2.31. The van der Waals surface area contributed by atoms with Gasteiger partial charge in [-0.15, -0.1) is 0 Å². The van der Waals surface area contributed by atoms with Crippen LogP contribution < -0.4 is 0 Å². The highest BCUT2D eigenvalue weighted by Crippen LogP contribution is 2.38. The molecule has 4 nitrogen and oxygen atoms in total. The molecule has 5 heteroatoms. The molecule has 23 heavy (non-hydrogen) atoms. The van der Waals surface area contributed by atoms with E-state index >= 15 is 0 Å². The second kappa shape index (κ2) is 7.82. The van der Waals surface area contributed by atoms with Crippen molar-refractivity contribution in [2.45, 2.75) is 58.0 Å². The normalized spacial score (nSPS) is 21.7. The molecule has 1 heterocycles. The number of carboxylic acids is 1. The third-order valence-electron chi connectivity index (χ3n) is 4.74. The average Bonchev–Trinajstić information content (AvgIpc) is 2.52. The van der Waals surface area contributed by atoms with Gasteiger partial charge in [-0.05, 0) is 43.4 Å². The summed E-state index contributed by atoms with van der Waals surface area (Å²) in [5.41, 5.74) is 1.07. The van der Waals surface area contributed by atoms with E-state index in [2.05, 4.69) is 13.8 Å². The van der Waals surface area contributed by atoms with E-state index < -0.39 is 11.9 Å². The van der Waals surface area contributed by atoms with Gasteiger partial charge in [-0.3, -0.25) is 9.59 Å². The van der Waals surface area contributed by atoms with Crippen LogP contribution >= 0.6 is 11.6 Å². The first-order valence-electron chi connectivity index (χ1n) is 8.27. The minimum atomic E-state index is -0.905. The van der Waals surface area contributed by atoms with E-state index in [0.29, 0.717) is 11.4 Å². The molecule has 0 saturated carbocycles. The van der Waals surface area contributed by atoms with Gasteiger partial charge in [0.15, 0.2) is 0 Å². The van der Waals surface area contributed by atoms with Crippen LogP contribution in [0, 0.1) is 5.92 Å². The van der Waals surface area contributed by atoms with Gasteiger partial charge in [-0.2, -0.15) is 0 Å². The lowest BCUT2D eigenvalue weighted by Gasteiger charge is -2.43. The Labute approximate surface area is 142 Å². The molecular weight excluding hydrogens is 314 g/mol. The maximum absolute atomic E-state index is 12.9. The van der Waals surface area contributed by atoms with Crippen molar-refractivity contribution >= 4 is 23.5 Å². The molecule has 1 N–H and O–H groups in total. The van der Waals surface area contributed by atoms with E-state index in [-0.39, 0.29) is 24.4 Å². The molecule has 2 rings (SSSR count). The summed E-state index contributed by atoms with van der Waals surface area (Å²) in [5, 5.41) is 9.73. The standard InChI is InChI=1S/C18H24ClNO3/c1-3-15(4-2)20-16(12-5-8-14(19)9-6-12)10-7-13(18(20)23)11-17(21)22/h5-6,8-9,13,15-16H,3-4,7,10-11H2,1-2H3,(H,21,22)/t13?,16-/m0/s1. The van der Waals surface area contributed by atoms with E-state index in [1.165, 1.54) is 0 Å². The van der Waals surface area contributed by atoms with Crippen molar-refractivity contribution in [1.29, 1.82) is 0 Å². The minimum Gasteiger partial charge on any atom is -0.481 e. The molecule has 0 radical (unpaired) electrons. The number of hydrogen-bond donors (Lipinski definition) is 1. The molecule has 0 aliphatic carbocycles. The first-order chi connectivity index (χ1) is 11.0. The highest BCUT2D eigenvalue weighted by molar-refractivity contribution is 6.30. The fourth-order valence-corrected chi connectivity index (χ4v) is 3.64. The fourth-order valence-electron chi connectivity index (χ4n) is 3.51. The first-order valence-corrected chi connectivity index (χ1v) is 8.65. The summed E-state index contributed by atoms with van der Waals surface area (Å²) in [6, 6.07) is 7.76. The number of hydrogen-bond acceptors (Lipinski definition) is 2. The van der Waals surface area contributed by atoms with Crippen molar-refractivity contribution in [3.05, 3.63) is 34.9 Å². The van der Waals surface area contributed by atoms with Crippen molar-refractivity contribution in [3.8, 4) is 0 Å². The molecule has 1 aliphatic heterocycles. The molecule has 1 aromatic carbocycles. The van der Waals surface area contributed by atoms with Crippen molar-refractivity contribution in [2.24, 2.45) is 5.92 Å². The molecule has 126 valence electrons. The number of amides is 1. The average molecular weight is 338 g/mol. The molecule has 1 unspecified atom stereocenters. The van der Waals surface area contributed by atoms with Gasteiger partial charge in [-0.25, -0.2) is 0 Å². The number of piperidine rings is 1. The molecule has 0 bridgehead atoms. The lowest BCUT2D eigenvalue weighted by molar-refractivity contribution is -0.151. The van der Waals surface area contributed by atoms with Gasteiger partial charge in [0, 0.05) is 17.0 Å². The van der Waals surface area contributed by atoms with Crippen molar-refractivity contribution in [1.82, 2.24) is 4.90 Å². The molecule has 1 aliphatic rings. The van der Waals surface area contributed by atoms with E-state index in [9.17, 15) is 9.59 Å². The zero-order valence-electron chi connectivity index (χ0n) is 13.7. The van der Waals surface area contributed by atoms with Gasteiger partial charge in [0.1, 0.15) is 0 Å². The summed E-state index contributed by atoms with van der Waals surface area (Å²) in [7, 11) is 0. The summed E-state index contributed by atoms with van der Waals surface area (Å²) in [6.45, 7) is 4.14. The summed E-state index contributed by atoms with van der Waals surface area (Å²) >= 11 is 5.97. The second-order valence-electron chi connectivity index (χ2n) is 6.16. The number of carbonyl (C=O) groups excluding carboxylic acids is 1. The molecule has 0 spiro atoms. The van der Waals surface area contributed by atoms with Crippen LogP contribution in [0.4, 0.5) is 0 Å². The molecule has 1 aromatic rings. The smallest absolute Gasteiger partial charge is 0.304 e. The second-order valence-corrected chi connectivity index (χ2v) is 6.59. The number of halogens is 1. The number of nitrogens with zero attached hydrogens (tertiary/aromatic N) is 1. The fraction of sp³-hybridized carbons (Fsp3) is 0.556. The first kappa shape index (κ1) is 17.8. The van der Waals surface area contributed by atoms with Crippen molar-refractivity contribution in [3.63, 3.8) is 0 Å². The molecule has 0 aromatic heterocycles. The SMILES string of the molecule is CCC(CC)N1C(=O)C(CC(=O)O)CC[C@H]1c1ccc(Cl)cc1. The van der Waals surface area contributed by atoms with Crippen LogP contribution in [-0.4, -0.2) is 27.9 Å². The zero-order valence-corrected chi connectivity index (χ0v) is 14.4. The maximum atomic E-state index is 12.9. The Morgan fingerprint density at radius 3 is 2.39 bits per heavy atom. The Kier molecular flexibility index (Phi) is 6.05. The summed E-state index contributed by atoms with van der Waals surface area (Å²) in [6.07, 6.45) is 3.07. The van der Waals surface area contributed by atoms with Gasteiger partial charge >= 0.3 is 5.97 Å². The van der Waals surface area contributed by atoms with Crippen molar-refractivity contribution < 1.29 is 14.7 Å². The number of rotatable bonds is 6. The van der Waals surface area contributed by atoms with Gasteiger partial charge in [-0.1, -0.05) is 37.6 Å². The molecular formula is C18H24ClNO3. The molecule has 1 saturated heterocycles. The van der Waals surface area contributed by atoms with Crippen LogP contribution in [0.25, 0.3) is 0 Å². The Morgan fingerprint density at radius 2 is 1.87 bits per heavy atom. The number of carboxylic acid groups (broad SMARTS) is 1. The Hall–Kier alpha value is -1.55. The lowest BCUT2D eigenvalue weighted by Crippen LogP contribution is -2.49. The van der Waals surface area contributed by atoms with E-state index in [1.807, 2.05) is 29.2 Å². The third kappa shape index (κ3) is 4.05. The largest absolute Gasteiger partial charge is 0.481 e. The molecule has 2 atom stereocenters. The lowest BCUT2D eigenvalue weighted by atomic mass is 9.84. The van der Waals surface area contributed by atoms with Gasteiger partial charge < -0.3 is 10.0 Å². The maximum Gasteiger partial charge on any atom is 0.304 e. The number of benzene rings is 1. The minimum absolute atomic E-state index is 0.00899. The van der Waals surface area contributed by atoms with Gasteiger partial charge in [0.25, 0.3) is 0 Å². The predicted molar refractivity (Wildman–Crippen MR) is 90.4 cm³/mol. The van der Waals surface area contributed by atoms with E-state index in [0.717, 1.165) is 24.8 Å². The molecule has 1 amide bonds. The predicted octanol–water partition coefficient (Wildman–Crippen LogP) is 4.28. The monoisotopic (exact) mass is 337 g/mol. The van der Waals surface area contributed by atoms with Gasteiger partial charge in [0.05, 0.1) is 12.5 Å². The van der Waals surface area contributed by atoms with Crippen LogP contribution in [-0.2, 0) is 9.59 Å². The van der Waals surface area contributed by atoms with Crippen LogP contribution in [0.1, 0.15) is 57.6 Å². The quantitative estimate of drug-likeness (QED) is 0.842. The van der Waals surface area contributed by atoms with E-state index in [4.69, 9.17) is 16.7 Å². The third-order valence-corrected chi connectivity index (χ3v) is 4.99. The van der Waals surface area contributed by atoms with Crippen molar-refractivity contribution in [2.75, 3.05) is 0 Å².